The van der Waals surface area contributed by atoms with E-state index in [-0.39, 0.29) is 28.1 Å². The molecule has 0 saturated heterocycles. The Hall–Kier alpha value is -2.69. The van der Waals surface area contributed by atoms with Crippen LogP contribution in [0.2, 0.25) is 5.02 Å². The minimum absolute atomic E-state index is 0.0405. The number of nitro groups is 1. The number of nitrogens with zero attached hydrogens (tertiary/aromatic N) is 3. The van der Waals surface area contributed by atoms with Crippen molar-refractivity contribution < 1.29 is 9.72 Å². The SMILES string of the molecule is Cc1cccc(Nc2nnc(SCC(=O)Nc3ccc(Cl)cc3[N+](=O)[O-])s2)c1. The topological polar surface area (TPSA) is 110 Å². The third-order valence-corrected chi connectivity index (χ3v) is 5.64. The molecule has 8 nitrogen and oxygen atoms in total. The molecule has 0 bridgehead atoms. The average molecular weight is 436 g/mol. The molecule has 2 N–H and O–H groups in total. The summed E-state index contributed by atoms with van der Waals surface area (Å²) in [6.45, 7) is 2.00. The highest BCUT2D eigenvalue weighted by atomic mass is 35.5. The first-order chi connectivity index (χ1) is 13.4. The van der Waals surface area contributed by atoms with Gasteiger partial charge < -0.3 is 10.6 Å². The van der Waals surface area contributed by atoms with Crippen molar-refractivity contribution in [1.82, 2.24) is 10.2 Å². The average Bonchev–Trinajstić information content (AvgIpc) is 3.09. The van der Waals surface area contributed by atoms with Gasteiger partial charge in [0.1, 0.15) is 5.69 Å². The molecule has 1 heterocycles. The first-order valence-corrected chi connectivity index (χ1v) is 10.1. The summed E-state index contributed by atoms with van der Waals surface area (Å²) in [6.07, 6.45) is 0. The molecule has 0 aliphatic heterocycles. The van der Waals surface area contributed by atoms with Crippen LogP contribution in [-0.4, -0.2) is 26.8 Å². The number of aromatic nitrogens is 2. The Morgan fingerprint density at radius 3 is 2.86 bits per heavy atom. The van der Waals surface area contributed by atoms with Gasteiger partial charge >= 0.3 is 0 Å². The van der Waals surface area contributed by atoms with E-state index < -0.39 is 4.92 Å². The van der Waals surface area contributed by atoms with Gasteiger partial charge in [-0.15, -0.1) is 10.2 Å². The summed E-state index contributed by atoms with van der Waals surface area (Å²) in [4.78, 5) is 22.6. The van der Waals surface area contributed by atoms with E-state index in [1.54, 1.807) is 0 Å². The quantitative estimate of drug-likeness (QED) is 0.309. The molecule has 0 radical (unpaired) electrons. The molecule has 28 heavy (non-hydrogen) atoms. The van der Waals surface area contributed by atoms with Crippen LogP contribution in [0.5, 0.6) is 0 Å². The van der Waals surface area contributed by atoms with Gasteiger partial charge in [-0.2, -0.15) is 0 Å². The van der Waals surface area contributed by atoms with Gasteiger partial charge in [-0.05, 0) is 36.8 Å². The maximum atomic E-state index is 12.1. The number of thioether (sulfide) groups is 1. The lowest BCUT2D eigenvalue weighted by Gasteiger charge is -2.05. The fourth-order valence-corrected chi connectivity index (χ4v) is 3.98. The molecule has 11 heteroatoms. The maximum Gasteiger partial charge on any atom is 0.294 e. The van der Waals surface area contributed by atoms with Crippen molar-refractivity contribution in [1.29, 1.82) is 0 Å². The van der Waals surface area contributed by atoms with Crippen LogP contribution >= 0.6 is 34.7 Å². The van der Waals surface area contributed by atoms with Crippen LogP contribution in [0.3, 0.4) is 0 Å². The number of carbonyl (C=O) groups is 1. The molecule has 1 amide bonds. The number of hydrogen-bond acceptors (Lipinski definition) is 8. The van der Waals surface area contributed by atoms with Crippen LogP contribution < -0.4 is 10.6 Å². The number of nitro benzene ring substituents is 1. The number of halogens is 1. The highest BCUT2D eigenvalue weighted by molar-refractivity contribution is 8.01. The van der Waals surface area contributed by atoms with Crippen LogP contribution in [0, 0.1) is 17.0 Å². The molecule has 2 aromatic carbocycles. The molecular formula is C17H14ClN5O3S2. The number of anilines is 3. The summed E-state index contributed by atoms with van der Waals surface area (Å²) in [6, 6.07) is 11.9. The molecule has 0 saturated carbocycles. The van der Waals surface area contributed by atoms with E-state index in [0.717, 1.165) is 11.3 Å². The summed E-state index contributed by atoms with van der Waals surface area (Å²) in [5.74, 6) is -0.349. The van der Waals surface area contributed by atoms with Crippen LogP contribution in [0.4, 0.5) is 22.2 Å². The van der Waals surface area contributed by atoms with Crippen molar-refractivity contribution in [3.8, 4) is 0 Å². The Bertz CT molecular complexity index is 1030. The zero-order valence-corrected chi connectivity index (χ0v) is 16.9. The van der Waals surface area contributed by atoms with E-state index in [4.69, 9.17) is 11.6 Å². The predicted octanol–water partition coefficient (Wildman–Crippen LogP) is 4.88. The van der Waals surface area contributed by atoms with Crippen molar-refractivity contribution in [3.63, 3.8) is 0 Å². The molecule has 144 valence electrons. The molecule has 0 aliphatic rings. The first-order valence-electron chi connectivity index (χ1n) is 7.94. The highest BCUT2D eigenvalue weighted by Crippen LogP contribution is 2.30. The Morgan fingerprint density at radius 2 is 2.11 bits per heavy atom. The summed E-state index contributed by atoms with van der Waals surface area (Å²) in [5.41, 5.74) is 1.86. The predicted molar refractivity (Wildman–Crippen MR) is 112 cm³/mol. The van der Waals surface area contributed by atoms with Gasteiger partial charge in [0.25, 0.3) is 5.69 Å². The third-order valence-electron chi connectivity index (χ3n) is 3.43. The molecule has 0 unspecified atom stereocenters. The summed E-state index contributed by atoms with van der Waals surface area (Å²) >= 11 is 8.28. The van der Waals surface area contributed by atoms with E-state index in [1.165, 1.54) is 41.3 Å². The van der Waals surface area contributed by atoms with Crippen molar-refractivity contribution in [3.05, 3.63) is 63.2 Å². The lowest BCUT2D eigenvalue weighted by atomic mass is 10.2. The van der Waals surface area contributed by atoms with E-state index >= 15 is 0 Å². The molecule has 0 fully saturated rings. The van der Waals surface area contributed by atoms with Gasteiger partial charge in [0.2, 0.25) is 11.0 Å². The summed E-state index contributed by atoms with van der Waals surface area (Å²) < 4.78 is 0.607. The number of benzene rings is 2. The van der Waals surface area contributed by atoms with Crippen molar-refractivity contribution in [2.75, 3.05) is 16.4 Å². The van der Waals surface area contributed by atoms with Gasteiger partial charge in [0, 0.05) is 16.8 Å². The van der Waals surface area contributed by atoms with Crippen molar-refractivity contribution in [2.24, 2.45) is 0 Å². The molecular weight excluding hydrogens is 422 g/mol. The molecule has 1 aromatic heterocycles. The van der Waals surface area contributed by atoms with Crippen LogP contribution in [0.1, 0.15) is 5.56 Å². The third kappa shape index (κ3) is 5.41. The molecule has 0 spiro atoms. The molecule has 3 aromatic rings. The fourth-order valence-electron chi connectivity index (χ4n) is 2.24. The van der Waals surface area contributed by atoms with Gasteiger partial charge in [-0.3, -0.25) is 14.9 Å². The lowest BCUT2D eigenvalue weighted by molar-refractivity contribution is -0.383. The zero-order valence-electron chi connectivity index (χ0n) is 14.5. The summed E-state index contributed by atoms with van der Waals surface area (Å²) in [7, 11) is 0. The van der Waals surface area contributed by atoms with Gasteiger partial charge in [0.15, 0.2) is 4.34 Å². The number of carbonyl (C=O) groups excluding carboxylic acids is 1. The van der Waals surface area contributed by atoms with Crippen molar-refractivity contribution >= 4 is 62.8 Å². The number of rotatable bonds is 7. The van der Waals surface area contributed by atoms with E-state index in [1.807, 2.05) is 31.2 Å². The highest BCUT2D eigenvalue weighted by Gasteiger charge is 2.17. The maximum absolute atomic E-state index is 12.1. The number of amides is 1. The standard InChI is InChI=1S/C17H14ClN5O3S2/c1-10-3-2-4-12(7-10)19-16-21-22-17(28-16)27-9-15(24)20-13-6-5-11(18)8-14(13)23(25)26/h2-8H,9H2,1H3,(H,19,21)(H,20,24). The zero-order chi connectivity index (χ0) is 20.1. The number of hydrogen-bond donors (Lipinski definition) is 2. The second kappa shape index (κ2) is 9.00. The monoisotopic (exact) mass is 435 g/mol. The summed E-state index contributed by atoms with van der Waals surface area (Å²) in [5, 5.41) is 25.7. The van der Waals surface area contributed by atoms with E-state index in [0.29, 0.717) is 9.47 Å². The van der Waals surface area contributed by atoms with Crippen LogP contribution in [0.15, 0.2) is 46.8 Å². The molecule has 0 atom stereocenters. The number of nitrogens with one attached hydrogen (secondary N) is 2. The lowest BCUT2D eigenvalue weighted by Crippen LogP contribution is -2.15. The minimum atomic E-state index is -0.595. The van der Waals surface area contributed by atoms with Crippen LogP contribution in [-0.2, 0) is 4.79 Å². The van der Waals surface area contributed by atoms with E-state index in [9.17, 15) is 14.9 Å². The molecule has 0 aliphatic carbocycles. The second-order valence-electron chi connectivity index (χ2n) is 5.62. The normalized spacial score (nSPS) is 10.5. The van der Waals surface area contributed by atoms with Gasteiger partial charge in [-0.1, -0.05) is 46.8 Å². The van der Waals surface area contributed by atoms with Crippen LogP contribution in [0.25, 0.3) is 0 Å². The molecule has 3 rings (SSSR count). The minimum Gasteiger partial charge on any atom is -0.330 e. The van der Waals surface area contributed by atoms with Crippen molar-refractivity contribution in [2.45, 2.75) is 11.3 Å². The Labute approximate surface area is 173 Å². The Balaban J connectivity index is 1.57. The smallest absolute Gasteiger partial charge is 0.294 e. The first kappa shape index (κ1) is 20.1. The largest absolute Gasteiger partial charge is 0.330 e. The Morgan fingerprint density at radius 1 is 1.29 bits per heavy atom. The van der Waals surface area contributed by atoms with Gasteiger partial charge in [0.05, 0.1) is 10.7 Å². The Kier molecular flexibility index (Phi) is 6.45. The second-order valence-corrected chi connectivity index (χ2v) is 8.26. The fraction of sp³-hybridized carbons (Fsp3) is 0.118. The van der Waals surface area contributed by atoms with Gasteiger partial charge in [-0.25, -0.2) is 0 Å². The number of aryl methyl sites for hydroxylation is 1. The van der Waals surface area contributed by atoms with E-state index in [2.05, 4.69) is 20.8 Å².